The molecule has 0 saturated carbocycles. The van der Waals surface area contributed by atoms with E-state index in [0.717, 1.165) is 18.1 Å². The Bertz CT molecular complexity index is 619. The molecule has 0 atom stereocenters. The van der Waals surface area contributed by atoms with Crippen LogP contribution in [0.15, 0.2) is 30.3 Å². The molecule has 2 N–H and O–H groups in total. The van der Waals surface area contributed by atoms with Crippen LogP contribution >= 0.6 is 0 Å². The molecule has 0 aliphatic heterocycles. The van der Waals surface area contributed by atoms with Gasteiger partial charge in [0.05, 0.1) is 5.69 Å². The van der Waals surface area contributed by atoms with Crippen LogP contribution in [0.1, 0.15) is 25.1 Å². The summed E-state index contributed by atoms with van der Waals surface area (Å²) in [6, 6.07) is 8.19. The van der Waals surface area contributed by atoms with Crippen LogP contribution in [0.3, 0.4) is 0 Å². The average Bonchev–Trinajstić information content (AvgIpc) is 2.37. The predicted octanol–water partition coefficient (Wildman–Crippen LogP) is 3.94. The van der Waals surface area contributed by atoms with Crippen molar-refractivity contribution in [2.24, 2.45) is 5.92 Å². The molecule has 0 bridgehead atoms. The second kappa shape index (κ2) is 5.71. The highest BCUT2D eigenvalue weighted by Gasteiger charge is 2.33. The molecule has 0 aliphatic rings. The molecule has 0 aliphatic carbocycles. The fraction of sp³-hybridized carbons (Fsp3) is 0.333. The quantitative estimate of drug-likeness (QED) is 0.933. The summed E-state index contributed by atoms with van der Waals surface area (Å²) < 4.78 is 38.2. The predicted molar refractivity (Wildman–Crippen MR) is 75.4 cm³/mol. The molecular weight excluding hydrogens is 279 g/mol. The van der Waals surface area contributed by atoms with Crippen LogP contribution < -0.4 is 5.73 Å². The molecule has 0 amide bonds. The lowest BCUT2D eigenvalue weighted by Gasteiger charge is -2.10. The van der Waals surface area contributed by atoms with Gasteiger partial charge in [0.1, 0.15) is 0 Å². The van der Waals surface area contributed by atoms with Gasteiger partial charge in [-0.1, -0.05) is 38.1 Å². The minimum absolute atomic E-state index is 0.172. The smallest absolute Gasteiger partial charge is 0.368 e. The van der Waals surface area contributed by atoms with Crippen LogP contribution in [0.4, 0.5) is 19.1 Å². The van der Waals surface area contributed by atoms with Crippen molar-refractivity contribution in [1.82, 2.24) is 9.97 Å². The molecule has 0 spiro atoms. The molecule has 21 heavy (non-hydrogen) atoms. The van der Waals surface area contributed by atoms with Gasteiger partial charge < -0.3 is 5.73 Å². The van der Waals surface area contributed by atoms with Gasteiger partial charge in [0.25, 0.3) is 0 Å². The maximum absolute atomic E-state index is 12.7. The number of anilines is 1. The summed E-state index contributed by atoms with van der Waals surface area (Å²) in [4.78, 5) is 7.10. The lowest BCUT2D eigenvalue weighted by molar-refractivity contribution is -0.141. The minimum Gasteiger partial charge on any atom is -0.368 e. The molecule has 112 valence electrons. The number of halogens is 3. The van der Waals surface area contributed by atoms with E-state index in [9.17, 15) is 13.2 Å². The fourth-order valence-electron chi connectivity index (χ4n) is 2.04. The van der Waals surface area contributed by atoms with Gasteiger partial charge in [-0.2, -0.15) is 13.2 Å². The van der Waals surface area contributed by atoms with E-state index in [-0.39, 0.29) is 11.6 Å². The number of nitrogen functional groups attached to an aromatic ring is 1. The van der Waals surface area contributed by atoms with Crippen LogP contribution in [0, 0.1) is 5.92 Å². The largest absolute Gasteiger partial charge is 0.433 e. The summed E-state index contributed by atoms with van der Waals surface area (Å²) in [6.45, 7) is 4.21. The molecule has 2 aromatic rings. The first-order valence-electron chi connectivity index (χ1n) is 6.57. The van der Waals surface area contributed by atoms with E-state index < -0.39 is 11.9 Å². The number of rotatable bonds is 3. The molecule has 1 aromatic heterocycles. The second-order valence-electron chi connectivity index (χ2n) is 5.29. The number of alkyl halides is 3. The van der Waals surface area contributed by atoms with E-state index >= 15 is 0 Å². The van der Waals surface area contributed by atoms with Crippen molar-refractivity contribution in [2.45, 2.75) is 26.4 Å². The Balaban J connectivity index is 2.35. The van der Waals surface area contributed by atoms with Crippen molar-refractivity contribution in [1.29, 1.82) is 0 Å². The average molecular weight is 295 g/mol. The Kier molecular flexibility index (Phi) is 4.16. The molecular formula is C15H16F3N3. The van der Waals surface area contributed by atoms with Crippen molar-refractivity contribution in [3.05, 3.63) is 41.6 Å². The summed E-state index contributed by atoms with van der Waals surface area (Å²) in [5.41, 5.74) is 6.22. The van der Waals surface area contributed by atoms with Crippen LogP contribution in [-0.4, -0.2) is 9.97 Å². The Labute approximate surface area is 121 Å². The normalized spacial score (nSPS) is 11.9. The second-order valence-corrected chi connectivity index (χ2v) is 5.29. The lowest BCUT2D eigenvalue weighted by Crippen LogP contribution is -2.11. The van der Waals surface area contributed by atoms with Gasteiger partial charge in [0.2, 0.25) is 5.95 Å². The summed E-state index contributed by atoms with van der Waals surface area (Å²) in [7, 11) is 0. The van der Waals surface area contributed by atoms with Crippen molar-refractivity contribution < 1.29 is 13.2 Å². The highest BCUT2D eigenvalue weighted by molar-refractivity contribution is 5.61. The van der Waals surface area contributed by atoms with Crippen molar-refractivity contribution in [2.75, 3.05) is 5.73 Å². The van der Waals surface area contributed by atoms with Gasteiger partial charge in [-0.25, -0.2) is 9.97 Å². The van der Waals surface area contributed by atoms with E-state index in [2.05, 4.69) is 23.8 Å². The number of nitrogens with zero attached hydrogens (tertiary/aromatic N) is 2. The molecule has 3 nitrogen and oxygen atoms in total. The molecule has 1 aromatic carbocycles. The third-order valence-corrected chi connectivity index (χ3v) is 2.93. The van der Waals surface area contributed by atoms with E-state index in [0.29, 0.717) is 11.5 Å². The SMILES string of the molecule is CC(C)Cc1ccc(-c2cc(C(F)(F)F)nc(N)n2)cc1. The topological polar surface area (TPSA) is 51.8 Å². The van der Waals surface area contributed by atoms with Gasteiger partial charge in [0.15, 0.2) is 5.69 Å². The summed E-state index contributed by atoms with van der Waals surface area (Å²) >= 11 is 0. The van der Waals surface area contributed by atoms with E-state index in [4.69, 9.17) is 5.73 Å². The molecule has 0 radical (unpaired) electrons. The monoisotopic (exact) mass is 295 g/mol. The van der Waals surface area contributed by atoms with Gasteiger partial charge in [0, 0.05) is 5.56 Å². The zero-order valence-corrected chi connectivity index (χ0v) is 11.8. The van der Waals surface area contributed by atoms with Crippen LogP contribution in [-0.2, 0) is 12.6 Å². The number of nitrogens with two attached hydrogens (primary N) is 1. The molecule has 2 rings (SSSR count). The minimum atomic E-state index is -4.54. The van der Waals surface area contributed by atoms with E-state index in [1.807, 2.05) is 12.1 Å². The fourth-order valence-corrected chi connectivity index (χ4v) is 2.04. The van der Waals surface area contributed by atoms with E-state index in [1.54, 1.807) is 12.1 Å². The Morgan fingerprint density at radius 3 is 2.24 bits per heavy atom. The number of hydrogen-bond donors (Lipinski definition) is 1. The first kappa shape index (κ1) is 15.3. The number of benzene rings is 1. The molecule has 0 unspecified atom stereocenters. The molecule has 6 heteroatoms. The van der Waals surface area contributed by atoms with Gasteiger partial charge >= 0.3 is 6.18 Å². The van der Waals surface area contributed by atoms with E-state index in [1.165, 1.54) is 0 Å². The summed E-state index contributed by atoms with van der Waals surface area (Å²) in [5, 5.41) is 0. The maximum Gasteiger partial charge on any atom is 0.433 e. The summed E-state index contributed by atoms with van der Waals surface area (Å²) in [6.07, 6.45) is -3.62. The van der Waals surface area contributed by atoms with Crippen LogP contribution in [0.2, 0.25) is 0 Å². The van der Waals surface area contributed by atoms with Crippen LogP contribution in [0.5, 0.6) is 0 Å². The lowest BCUT2D eigenvalue weighted by atomic mass is 10.0. The zero-order valence-electron chi connectivity index (χ0n) is 11.8. The third-order valence-electron chi connectivity index (χ3n) is 2.93. The standard InChI is InChI=1S/C15H16F3N3/c1-9(2)7-10-3-5-11(6-4-10)12-8-13(15(16,17)18)21-14(19)20-12/h3-6,8-9H,7H2,1-2H3,(H2,19,20,21). The number of hydrogen-bond acceptors (Lipinski definition) is 3. The molecule has 0 fully saturated rings. The van der Waals surface area contributed by atoms with Crippen molar-refractivity contribution in [3.63, 3.8) is 0 Å². The zero-order chi connectivity index (χ0) is 15.6. The van der Waals surface area contributed by atoms with Gasteiger partial charge in [-0.3, -0.25) is 0 Å². The first-order valence-corrected chi connectivity index (χ1v) is 6.57. The Hall–Kier alpha value is -2.11. The summed E-state index contributed by atoms with van der Waals surface area (Å²) in [5.74, 6) is 0.133. The maximum atomic E-state index is 12.7. The molecule has 0 saturated heterocycles. The Morgan fingerprint density at radius 2 is 1.71 bits per heavy atom. The van der Waals surface area contributed by atoms with Crippen molar-refractivity contribution >= 4 is 5.95 Å². The number of aromatic nitrogens is 2. The van der Waals surface area contributed by atoms with Gasteiger partial charge in [-0.15, -0.1) is 0 Å². The van der Waals surface area contributed by atoms with Crippen molar-refractivity contribution in [3.8, 4) is 11.3 Å². The van der Waals surface area contributed by atoms with Gasteiger partial charge in [-0.05, 0) is 24.0 Å². The molecule has 1 heterocycles. The highest BCUT2D eigenvalue weighted by Crippen LogP contribution is 2.30. The highest BCUT2D eigenvalue weighted by atomic mass is 19.4. The third kappa shape index (κ3) is 3.93. The first-order chi connectivity index (χ1) is 9.75. The Morgan fingerprint density at radius 1 is 1.10 bits per heavy atom. The van der Waals surface area contributed by atoms with Crippen LogP contribution in [0.25, 0.3) is 11.3 Å².